The van der Waals surface area contributed by atoms with Crippen LogP contribution in [0.25, 0.3) is 0 Å². The maximum absolute atomic E-state index is 8.36. The fourth-order valence-electron chi connectivity index (χ4n) is 1.72. The SMILES string of the molecule is CC1(C)CC1c1ccccc1.O=CO. The summed E-state index contributed by atoms with van der Waals surface area (Å²) in [6.07, 6.45) is 1.36. The number of carboxylic acid groups (broad SMARTS) is 1. The van der Waals surface area contributed by atoms with Gasteiger partial charge in [0.2, 0.25) is 0 Å². The average molecular weight is 192 g/mol. The molecule has 0 aromatic heterocycles. The van der Waals surface area contributed by atoms with Gasteiger partial charge in [-0.15, -0.1) is 0 Å². The van der Waals surface area contributed by atoms with Crippen LogP contribution in [0.1, 0.15) is 31.7 Å². The van der Waals surface area contributed by atoms with Crippen LogP contribution < -0.4 is 0 Å². The van der Waals surface area contributed by atoms with Crippen molar-refractivity contribution < 1.29 is 9.90 Å². The molecule has 2 heteroatoms. The topological polar surface area (TPSA) is 37.3 Å². The Balaban J connectivity index is 0.000000293. The van der Waals surface area contributed by atoms with Gasteiger partial charge in [0.05, 0.1) is 0 Å². The molecule has 1 N–H and O–H groups in total. The van der Waals surface area contributed by atoms with Crippen molar-refractivity contribution in [3.8, 4) is 0 Å². The lowest BCUT2D eigenvalue weighted by atomic mass is 10.0. The average Bonchev–Trinajstić information content (AvgIpc) is 2.78. The largest absolute Gasteiger partial charge is 0.483 e. The summed E-state index contributed by atoms with van der Waals surface area (Å²) in [5.41, 5.74) is 2.08. The molecule has 0 bridgehead atoms. The lowest BCUT2D eigenvalue weighted by Gasteiger charge is -2.01. The van der Waals surface area contributed by atoms with E-state index in [9.17, 15) is 0 Å². The lowest BCUT2D eigenvalue weighted by Crippen LogP contribution is -1.88. The predicted molar refractivity (Wildman–Crippen MR) is 56.3 cm³/mol. The van der Waals surface area contributed by atoms with E-state index in [1.807, 2.05) is 0 Å². The minimum atomic E-state index is -0.250. The van der Waals surface area contributed by atoms with Gasteiger partial charge in [0.15, 0.2) is 0 Å². The molecule has 2 nitrogen and oxygen atoms in total. The van der Waals surface area contributed by atoms with Gasteiger partial charge in [0.25, 0.3) is 6.47 Å². The quantitative estimate of drug-likeness (QED) is 0.695. The van der Waals surface area contributed by atoms with Gasteiger partial charge >= 0.3 is 0 Å². The molecule has 1 aliphatic rings. The second kappa shape index (κ2) is 4.27. The van der Waals surface area contributed by atoms with E-state index in [-0.39, 0.29) is 6.47 Å². The van der Waals surface area contributed by atoms with Crippen molar-refractivity contribution in [2.45, 2.75) is 26.2 Å². The molecule has 1 aromatic carbocycles. The van der Waals surface area contributed by atoms with Gasteiger partial charge in [0, 0.05) is 0 Å². The molecule has 1 aliphatic carbocycles. The summed E-state index contributed by atoms with van der Waals surface area (Å²) >= 11 is 0. The molecule has 1 fully saturated rings. The van der Waals surface area contributed by atoms with Crippen molar-refractivity contribution >= 4 is 6.47 Å². The minimum Gasteiger partial charge on any atom is -0.483 e. The Morgan fingerprint density at radius 3 is 2.14 bits per heavy atom. The summed E-state index contributed by atoms with van der Waals surface area (Å²) in [6, 6.07) is 10.8. The van der Waals surface area contributed by atoms with Crippen molar-refractivity contribution in [3.05, 3.63) is 35.9 Å². The van der Waals surface area contributed by atoms with Crippen LogP contribution in [0.5, 0.6) is 0 Å². The molecule has 0 spiro atoms. The van der Waals surface area contributed by atoms with Crippen molar-refractivity contribution in [3.63, 3.8) is 0 Å². The molecule has 1 unspecified atom stereocenters. The first-order valence-electron chi connectivity index (χ1n) is 4.74. The van der Waals surface area contributed by atoms with Crippen LogP contribution in [0, 0.1) is 5.41 Å². The summed E-state index contributed by atoms with van der Waals surface area (Å²) in [6.45, 7) is 4.43. The molecular formula is C12H16O2. The maximum Gasteiger partial charge on any atom is 0.290 e. The lowest BCUT2D eigenvalue weighted by molar-refractivity contribution is -0.122. The summed E-state index contributed by atoms with van der Waals surface area (Å²) < 4.78 is 0. The van der Waals surface area contributed by atoms with Crippen molar-refractivity contribution in [2.75, 3.05) is 0 Å². The highest BCUT2D eigenvalue weighted by molar-refractivity contribution is 5.32. The molecule has 0 saturated heterocycles. The Kier molecular flexibility index (Phi) is 3.28. The van der Waals surface area contributed by atoms with E-state index in [1.165, 1.54) is 12.0 Å². The van der Waals surface area contributed by atoms with E-state index in [0.29, 0.717) is 5.41 Å². The molecular weight excluding hydrogens is 176 g/mol. The van der Waals surface area contributed by atoms with Gasteiger partial charge in [-0.25, -0.2) is 0 Å². The van der Waals surface area contributed by atoms with E-state index in [4.69, 9.17) is 9.90 Å². The molecule has 14 heavy (non-hydrogen) atoms. The third kappa shape index (κ3) is 2.59. The zero-order valence-electron chi connectivity index (χ0n) is 8.60. The van der Waals surface area contributed by atoms with Gasteiger partial charge < -0.3 is 5.11 Å². The number of rotatable bonds is 1. The van der Waals surface area contributed by atoms with Crippen LogP contribution in [0.4, 0.5) is 0 Å². The molecule has 0 radical (unpaired) electrons. The fourth-order valence-corrected chi connectivity index (χ4v) is 1.72. The fraction of sp³-hybridized carbons (Fsp3) is 0.417. The third-order valence-electron chi connectivity index (χ3n) is 2.72. The number of hydrogen-bond donors (Lipinski definition) is 1. The third-order valence-corrected chi connectivity index (χ3v) is 2.72. The summed E-state index contributed by atoms with van der Waals surface area (Å²) in [5, 5.41) is 6.89. The smallest absolute Gasteiger partial charge is 0.290 e. The van der Waals surface area contributed by atoms with Gasteiger partial charge in [-0.05, 0) is 23.3 Å². The second-order valence-corrected chi connectivity index (χ2v) is 4.26. The highest BCUT2D eigenvalue weighted by atomic mass is 16.3. The zero-order chi connectivity index (χ0) is 10.6. The monoisotopic (exact) mass is 192 g/mol. The number of hydrogen-bond acceptors (Lipinski definition) is 1. The van der Waals surface area contributed by atoms with Crippen molar-refractivity contribution in [1.29, 1.82) is 0 Å². The molecule has 1 atom stereocenters. The minimum absolute atomic E-state index is 0.250. The van der Waals surface area contributed by atoms with Gasteiger partial charge in [-0.2, -0.15) is 0 Å². The number of benzene rings is 1. The Hall–Kier alpha value is -1.31. The van der Waals surface area contributed by atoms with Gasteiger partial charge in [-0.3, -0.25) is 4.79 Å². The Bertz CT molecular complexity index is 290. The summed E-state index contributed by atoms with van der Waals surface area (Å²) in [5.74, 6) is 0.823. The zero-order valence-corrected chi connectivity index (χ0v) is 8.60. The second-order valence-electron chi connectivity index (χ2n) is 4.26. The van der Waals surface area contributed by atoms with E-state index in [1.54, 1.807) is 0 Å². The van der Waals surface area contributed by atoms with Crippen LogP contribution in [-0.4, -0.2) is 11.6 Å². The van der Waals surface area contributed by atoms with Crippen LogP contribution in [0.3, 0.4) is 0 Å². The molecule has 2 rings (SSSR count). The van der Waals surface area contributed by atoms with Crippen molar-refractivity contribution in [2.24, 2.45) is 5.41 Å². The molecule has 0 heterocycles. The highest BCUT2D eigenvalue weighted by Crippen LogP contribution is 2.58. The first-order chi connectivity index (χ1) is 6.61. The van der Waals surface area contributed by atoms with Crippen LogP contribution in [-0.2, 0) is 4.79 Å². The van der Waals surface area contributed by atoms with E-state index in [0.717, 1.165) is 5.92 Å². The van der Waals surface area contributed by atoms with Crippen LogP contribution in [0.15, 0.2) is 30.3 Å². The predicted octanol–water partition coefficient (Wildman–Crippen LogP) is 2.90. The highest BCUT2D eigenvalue weighted by Gasteiger charge is 2.46. The Morgan fingerprint density at radius 1 is 1.36 bits per heavy atom. The molecule has 1 saturated carbocycles. The van der Waals surface area contributed by atoms with Gasteiger partial charge in [-0.1, -0.05) is 44.2 Å². The van der Waals surface area contributed by atoms with E-state index in [2.05, 4.69) is 44.2 Å². The molecule has 0 aliphatic heterocycles. The first kappa shape index (κ1) is 10.8. The van der Waals surface area contributed by atoms with Crippen LogP contribution >= 0.6 is 0 Å². The number of carbonyl (C=O) groups is 1. The summed E-state index contributed by atoms with van der Waals surface area (Å²) in [7, 11) is 0. The normalized spacial score (nSPS) is 21.7. The standard InChI is InChI=1S/C11H14.CH2O2/c1-11(2)8-10(11)9-6-4-3-5-7-9;2-1-3/h3-7,10H,8H2,1-2H3;1H,(H,2,3). The van der Waals surface area contributed by atoms with E-state index >= 15 is 0 Å². The van der Waals surface area contributed by atoms with E-state index < -0.39 is 0 Å². The molecule has 76 valence electrons. The van der Waals surface area contributed by atoms with Crippen LogP contribution in [0.2, 0.25) is 0 Å². The molecule has 0 amide bonds. The maximum atomic E-state index is 8.36. The summed E-state index contributed by atoms with van der Waals surface area (Å²) in [4.78, 5) is 8.36. The van der Waals surface area contributed by atoms with Gasteiger partial charge in [0.1, 0.15) is 0 Å². The first-order valence-corrected chi connectivity index (χ1v) is 4.74. The molecule has 1 aromatic rings. The Morgan fingerprint density at radius 2 is 1.79 bits per heavy atom. The van der Waals surface area contributed by atoms with Crippen molar-refractivity contribution in [1.82, 2.24) is 0 Å². The Labute approximate surface area is 84.6 Å².